The van der Waals surface area contributed by atoms with Gasteiger partial charge in [0.25, 0.3) is 0 Å². The molecular formula is C12H17BrN4O. The molecule has 3 atom stereocenters. The Labute approximate surface area is 115 Å². The summed E-state index contributed by atoms with van der Waals surface area (Å²) in [6.07, 6.45) is 3.72. The molecule has 6 heteroatoms. The Morgan fingerprint density at radius 2 is 2.28 bits per heavy atom. The molecule has 2 aliphatic rings. The van der Waals surface area contributed by atoms with Crippen molar-refractivity contribution in [2.24, 2.45) is 11.8 Å². The summed E-state index contributed by atoms with van der Waals surface area (Å²) < 4.78 is 0.913. The second-order valence-electron chi connectivity index (χ2n) is 5.09. The van der Waals surface area contributed by atoms with Gasteiger partial charge in [-0.1, -0.05) is 0 Å². The SMILES string of the molecule is CNc1ncc(Br)c(N2CC3CCC(O)C3C2)n1. The predicted molar refractivity (Wildman–Crippen MR) is 73.7 cm³/mol. The van der Waals surface area contributed by atoms with E-state index < -0.39 is 0 Å². The van der Waals surface area contributed by atoms with Crippen LogP contribution in [0.15, 0.2) is 10.7 Å². The summed E-state index contributed by atoms with van der Waals surface area (Å²) in [5.41, 5.74) is 0. The van der Waals surface area contributed by atoms with Crippen molar-refractivity contribution in [1.29, 1.82) is 0 Å². The molecule has 5 nitrogen and oxygen atoms in total. The number of anilines is 2. The van der Waals surface area contributed by atoms with E-state index in [9.17, 15) is 5.11 Å². The quantitative estimate of drug-likeness (QED) is 0.866. The molecule has 3 rings (SSSR count). The van der Waals surface area contributed by atoms with Crippen LogP contribution in [0.5, 0.6) is 0 Å². The van der Waals surface area contributed by atoms with E-state index in [0.717, 1.165) is 36.2 Å². The molecule has 0 bridgehead atoms. The Hall–Kier alpha value is -0.880. The molecule has 0 spiro atoms. The van der Waals surface area contributed by atoms with Crippen molar-refractivity contribution in [1.82, 2.24) is 9.97 Å². The lowest BCUT2D eigenvalue weighted by atomic mass is 10.00. The van der Waals surface area contributed by atoms with Gasteiger partial charge in [0.2, 0.25) is 5.95 Å². The van der Waals surface area contributed by atoms with E-state index in [4.69, 9.17) is 0 Å². The van der Waals surface area contributed by atoms with Gasteiger partial charge in [-0.05, 0) is 34.7 Å². The summed E-state index contributed by atoms with van der Waals surface area (Å²) in [5.74, 6) is 2.58. The Balaban J connectivity index is 1.84. The largest absolute Gasteiger partial charge is 0.393 e. The highest BCUT2D eigenvalue weighted by atomic mass is 79.9. The van der Waals surface area contributed by atoms with Gasteiger partial charge < -0.3 is 15.3 Å². The molecule has 0 aromatic carbocycles. The third-order valence-corrected chi connectivity index (χ3v) is 4.63. The molecule has 1 saturated carbocycles. The zero-order chi connectivity index (χ0) is 12.7. The molecule has 2 fully saturated rings. The van der Waals surface area contributed by atoms with E-state index in [-0.39, 0.29) is 6.10 Å². The Bertz CT molecular complexity index is 456. The van der Waals surface area contributed by atoms with Crippen LogP contribution in [0.3, 0.4) is 0 Å². The van der Waals surface area contributed by atoms with Crippen molar-refractivity contribution in [2.75, 3.05) is 30.4 Å². The maximum atomic E-state index is 9.95. The highest BCUT2D eigenvalue weighted by Crippen LogP contribution is 2.40. The second-order valence-corrected chi connectivity index (χ2v) is 5.94. The molecule has 1 aliphatic heterocycles. The minimum atomic E-state index is -0.135. The van der Waals surface area contributed by atoms with Crippen LogP contribution in [-0.4, -0.2) is 41.3 Å². The molecule has 98 valence electrons. The summed E-state index contributed by atoms with van der Waals surface area (Å²) >= 11 is 3.51. The molecule has 0 radical (unpaired) electrons. The van der Waals surface area contributed by atoms with Crippen molar-refractivity contribution in [2.45, 2.75) is 18.9 Å². The normalized spacial score (nSPS) is 30.6. The van der Waals surface area contributed by atoms with E-state index in [1.54, 1.807) is 6.20 Å². The van der Waals surface area contributed by atoms with Crippen LogP contribution in [0.1, 0.15) is 12.8 Å². The lowest BCUT2D eigenvalue weighted by molar-refractivity contribution is 0.133. The molecule has 18 heavy (non-hydrogen) atoms. The average molecular weight is 313 g/mol. The predicted octanol–water partition coefficient (Wildman–Crippen LogP) is 1.49. The van der Waals surface area contributed by atoms with Crippen LogP contribution < -0.4 is 10.2 Å². The third kappa shape index (κ3) is 1.97. The van der Waals surface area contributed by atoms with E-state index in [2.05, 4.69) is 36.1 Å². The van der Waals surface area contributed by atoms with E-state index in [1.165, 1.54) is 0 Å². The molecule has 1 saturated heterocycles. The number of fused-ring (bicyclic) bond motifs is 1. The van der Waals surface area contributed by atoms with Crippen molar-refractivity contribution in [3.05, 3.63) is 10.7 Å². The zero-order valence-corrected chi connectivity index (χ0v) is 11.9. The zero-order valence-electron chi connectivity index (χ0n) is 10.3. The Morgan fingerprint density at radius 1 is 1.44 bits per heavy atom. The number of hydrogen-bond donors (Lipinski definition) is 2. The number of rotatable bonds is 2. The first kappa shape index (κ1) is 12.2. The van der Waals surface area contributed by atoms with Gasteiger partial charge in [-0.2, -0.15) is 4.98 Å². The van der Waals surface area contributed by atoms with Crippen molar-refractivity contribution in [3.63, 3.8) is 0 Å². The van der Waals surface area contributed by atoms with E-state index in [0.29, 0.717) is 17.8 Å². The van der Waals surface area contributed by atoms with Crippen LogP contribution in [0.2, 0.25) is 0 Å². The maximum absolute atomic E-state index is 9.95. The van der Waals surface area contributed by atoms with Crippen molar-refractivity contribution < 1.29 is 5.11 Å². The number of nitrogens with one attached hydrogen (secondary N) is 1. The Kier molecular flexibility index (Phi) is 3.15. The number of aromatic nitrogens is 2. The molecule has 3 unspecified atom stereocenters. The fourth-order valence-electron chi connectivity index (χ4n) is 3.11. The number of nitrogens with zero attached hydrogens (tertiary/aromatic N) is 3. The third-order valence-electron chi connectivity index (χ3n) is 4.07. The minimum Gasteiger partial charge on any atom is -0.393 e. The first-order chi connectivity index (χ1) is 8.69. The number of hydrogen-bond acceptors (Lipinski definition) is 5. The lowest BCUT2D eigenvalue weighted by Crippen LogP contribution is -2.25. The van der Waals surface area contributed by atoms with Crippen LogP contribution in [0.4, 0.5) is 11.8 Å². The molecule has 1 aromatic heterocycles. The summed E-state index contributed by atoms with van der Waals surface area (Å²) in [7, 11) is 1.81. The summed E-state index contributed by atoms with van der Waals surface area (Å²) in [4.78, 5) is 10.9. The smallest absolute Gasteiger partial charge is 0.224 e. The first-order valence-corrected chi connectivity index (χ1v) is 7.11. The van der Waals surface area contributed by atoms with Crippen molar-refractivity contribution >= 4 is 27.7 Å². The molecule has 1 aliphatic carbocycles. The number of aliphatic hydroxyl groups excluding tert-OH is 1. The van der Waals surface area contributed by atoms with Crippen LogP contribution in [-0.2, 0) is 0 Å². The molecule has 0 amide bonds. The van der Waals surface area contributed by atoms with Crippen LogP contribution >= 0.6 is 15.9 Å². The van der Waals surface area contributed by atoms with Gasteiger partial charge in [-0.3, -0.25) is 0 Å². The topological polar surface area (TPSA) is 61.3 Å². The van der Waals surface area contributed by atoms with Gasteiger partial charge in [-0.15, -0.1) is 0 Å². The summed E-state index contributed by atoms with van der Waals surface area (Å²) in [6, 6.07) is 0. The molecular weight excluding hydrogens is 296 g/mol. The maximum Gasteiger partial charge on any atom is 0.224 e. The summed E-state index contributed by atoms with van der Waals surface area (Å²) in [6.45, 7) is 1.88. The molecule has 2 N–H and O–H groups in total. The van der Waals surface area contributed by atoms with E-state index >= 15 is 0 Å². The lowest BCUT2D eigenvalue weighted by Gasteiger charge is -2.20. The monoisotopic (exact) mass is 312 g/mol. The number of halogens is 1. The van der Waals surface area contributed by atoms with Crippen LogP contribution in [0, 0.1) is 11.8 Å². The number of aliphatic hydroxyl groups is 1. The first-order valence-electron chi connectivity index (χ1n) is 6.32. The summed E-state index contributed by atoms with van der Waals surface area (Å²) in [5, 5.41) is 12.9. The van der Waals surface area contributed by atoms with Crippen LogP contribution in [0.25, 0.3) is 0 Å². The molecule has 1 aromatic rings. The standard InChI is InChI=1S/C12H17BrN4O/c1-14-12-15-4-9(13)11(16-12)17-5-7-2-3-10(18)8(7)6-17/h4,7-8,10,18H,2-3,5-6H2,1H3,(H,14,15,16). The fourth-order valence-corrected chi connectivity index (χ4v) is 3.55. The van der Waals surface area contributed by atoms with Gasteiger partial charge in [-0.25, -0.2) is 4.98 Å². The van der Waals surface area contributed by atoms with E-state index in [1.807, 2.05) is 7.05 Å². The molecule has 2 heterocycles. The second kappa shape index (κ2) is 4.66. The van der Waals surface area contributed by atoms with Gasteiger partial charge in [0.15, 0.2) is 0 Å². The minimum absolute atomic E-state index is 0.135. The Morgan fingerprint density at radius 3 is 3.00 bits per heavy atom. The fraction of sp³-hybridized carbons (Fsp3) is 0.667. The highest BCUT2D eigenvalue weighted by molar-refractivity contribution is 9.10. The van der Waals surface area contributed by atoms with Gasteiger partial charge in [0, 0.05) is 32.3 Å². The highest BCUT2D eigenvalue weighted by Gasteiger charge is 2.42. The van der Waals surface area contributed by atoms with Crippen molar-refractivity contribution in [3.8, 4) is 0 Å². The van der Waals surface area contributed by atoms with Gasteiger partial charge >= 0.3 is 0 Å². The van der Waals surface area contributed by atoms with Gasteiger partial charge in [0.05, 0.1) is 10.6 Å². The average Bonchev–Trinajstić information content (AvgIpc) is 2.93. The van der Waals surface area contributed by atoms with Gasteiger partial charge in [0.1, 0.15) is 5.82 Å².